The molecule has 112 valence electrons. The molecular formula is C17H24N4. The summed E-state index contributed by atoms with van der Waals surface area (Å²) in [5.74, 6) is 1.37. The van der Waals surface area contributed by atoms with Crippen LogP contribution in [0.1, 0.15) is 39.5 Å². The van der Waals surface area contributed by atoms with Crippen molar-refractivity contribution in [3.63, 3.8) is 0 Å². The third-order valence-corrected chi connectivity index (χ3v) is 5.22. The van der Waals surface area contributed by atoms with Crippen LogP contribution in [0.5, 0.6) is 0 Å². The van der Waals surface area contributed by atoms with E-state index in [0.717, 1.165) is 29.8 Å². The van der Waals surface area contributed by atoms with Crippen molar-refractivity contribution in [3.8, 4) is 0 Å². The standard InChI is InChI=1S/C17H24N4/c1-3-17(4-2)9-11-21(12-10-17)15-13-7-5-6-8-14(13)19-16(18)20-15/h5-8H,3-4,9-12H2,1-2H3,(H2,18,19,20). The number of hydrogen-bond acceptors (Lipinski definition) is 4. The Morgan fingerprint density at radius 1 is 1.10 bits per heavy atom. The van der Waals surface area contributed by atoms with Gasteiger partial charge in [0.15, 0.2) is 0 Å². The lowest BCUT2D eigenvalue weighted by atomic mass is 9.74. The van der Waals surface area contributed by atoms with Gasteiger partial charge in [0.2, 0.25) is 5.95 Å². The molecule has 0 amide bonds. The number of benzene rings is 1. The number of nitrogen functional groups attached to an aromatic ring is 1. The summed E-state index contributed by atoms with van der Waals surface area (Å²) in [7, 11) is 0. The molecule has 4 nitrogen and oxygen atoms in total. The van der Waals surface area contributed by atoms with Crippen LogP contribution < -0.4 is 10.6 Å². The Balaban J connectivity index is 1.92. The molecule has 4 heteroatoms. The van der Waals surface area contributed by atoms with Crippen LogP contribution in [0.15, 0.2) is 24.3 Å². The molecule has 0 spiro atoms. The van der Waals surface area contributed by atoms with E-state index in [1.807, 2.05) is 18.2 Å². The molecule has 21 heavy (non-hydrogen) atoms. The summed E-state index contributed by atoms with van der Waals surface area (Å²) < 4.78 is 0. The van der Waals surface area contributed by atoms with E-state index in [0.29, 0.717) is 11.4 Å². The zero-order valence-corrected chi connectivity index (χ0v) is 13.0. The van der Waals surface area contributed by atoms with Crippen LogP contribution in [0.2, 0.25) is 0 Å². The fraction of sp³-hybridized carbons (Fsp3) is 0.529. The predicted octanol–water partition coefficient (Wildman–Crippen LogP) is 3.62. The zero-order valence-electron chi connectivity index (χ0n) is 13.0. The molecule has 0 atom stereocenters. The highest BCUT2D eigenvalue weighted by atomic mass is 15.2. The predicted molar refractivity (Wildman–Crippen MR) is 88.4 cm³/mol. The highest BCUT2D eigenvalue weighted by Crippen LogP contribution is 2.39. The molecule has 1 aliphatic heterocycles. The Labute approximate surface area is 126 Å². The Morgan fingerprint density at radius 3 is 2.43 bits per heavy atom. The van der Waals surface area contributed by atoms with E-state index >= 15 is 0 Å². The number of anilines is 2. The zero-order chi connectivity index (χ0) is 14.9. The van der Waals surface area contributed by atoms with Gasteiger partial charge in [-0.15, -0.1) is 0 Å². The number of para-hydroxylation sites is 1. The Hall–Kier alpha value is -1.84. The van der Waals surface area contributed by atoms with Gasteiger partial charge in [0.25, 0.3) is 0 Å². The minimum absolute atomic E-state index is 0.367. The van der Waals surface area contributed by atoms with Crippen molar-refractivity contribution in [2.75, 3.05) is 23.7 Å². The van der Waals surface area contributed by atoms with Crippen LogP contribution in [0, 0.1) is 5.41 Å². The molecule has 0 radical (unpaired) electrons. The number of nitrogens with two attached hydrogens (primary N) is 1. The number of fused-ring (bicyclic) bond motifs is 1. The average Bonchev–Trinajstić information content (AvgIpc) is 2.54. The van der Waals surface area contributed by atoms with Gasteiger partial charge in [-0.2, -0.15) is 4.98 Å². The maximum atomic E-state index is 5.89. The van der Waals surface area contributed by atoms with E-state index in [1.165, 1.54) is 25.7 Å². The van der Waals surface area contributed by atoms with Gasteiger partial charge in [-0.1, -0.05) is 38.8 Å². The maximum absolute atomic E-state index is 5.89. The van der Waals surface area contributed by atoms with E-state index < -0.39 is 0 Å². The van der Waals surface area contributed by atoms with Crippen molar-refractivity contribution in [3.05, 3.63) is 24.3 Å². The normalized spacial score (nSPS) is 18.1. The van der Waals surface area contributed by atoms with E-state index in [1.54, 1.807) is 0 Å². The topological polar surface area (TPSA) is 55.0 Å². The second kappa shape index (κ2) is 5.51. The number of aromatic nitrogens is 2. The van der Waals surface area contributed by atoms with Gasteiger partial charge < -0.3 is 10.6 Å². The van der Waals surface area contributed by atoms with Gasteiger partial charge in [-0.3, -0.25) is 0 Å². The number of hydrogen-bond donors (Lipinski definition) is 1. The van der Waals surface area contributed by atoms with Crippen LogP contribution in [0.25, 0.3) is 10.9 Å². The second-order valence-corrected chi connectivity index (χ2v) is 6.12. The monoisotopic (exact) mass is 284 g/mol. The molecule has 0 unspecified atom stereocenters. The maximum Gasteiger partial charge on any atom is 0.222 e. The third-order valence-electron chi connectivity index (χ3n) is 5.22. The Kier molecular flexibility index (Phi) is 3.70. The molecular weight excluding hydrogens is 260 g/mol. The Bertz CT molecular complexity index is 624. The van der Waals surface area contributed by atoms with E-state index in [2.05, 4.69) is 34.8 Å². The largest absolute Gasteiger partial charge is 0.368 e. The summed E-state index contributed by atoms with van der Waals surface area (Å²) in [6.07, 6.45) is 5.00. The number of rotatable bonds is 3. The molecule has 1 fully saturated rings. The summed E-state index contributed by atoms with van der Waals surface area (Å²) in [5.41, 5.74) is 7.34. The summed E-state index contributed by atoms with van der Waals surface area (Å²) in [6, 6.07) is 8.13. The first-order valence-corrected chi connectivity index (χ1v) is 7.94. The SMILES string of the molecule is CCC1(CC)CCN(c2nc(N)nc3ccccc23)CC1. The van der Waals surface area contributed by atoms with Gasteiger partial charge in [-0.05, 0) is 30.4 Å². The molecule has 0 aliphatic carbocycles. The third kappa shape index (κ3) is 2.55. The first-order chi connectivity index (χ1) is 10.2. The quantitative estimate of drug-likeness (QED) is 0.935. The number of piperidine rings is 1. The van der Waals surface area contributed by atoms with Crippen molar-refractivity contribution in [2.24, 2.45) is 5.41 Å². The molecule has 3 rings (SSSR count). The van der Waals surface area contributed by atoms with Gasteiger partial charge in [-0.25, -0.2) is 4.98 Å². The molecule has 0 saturated carbocycles. The van der Waals surface area contributed by atoms with Crippen LogP contribution in [0.4, 0.5) is 11.8 Å². The molecule has 2 heterocycles. The summed E-state index contributed by atoms with van der Waals surface area (Å²) in [5, 5.41) is 1.10. The van der Waals surface area contributed by atoms with Gasteiger partial charge in [0.05, 0.1) is 5.52 Å². The second-order valence-electron chi connectivity index (χ2n) is 6.12. The van der Waals surface area contributed by atoms with Crippen LogP contribution in [0.3, 0.4) is 0 Å². The van der Waals surface area contributed by atoms with Gasteiger partial charge >= 0.3 is 0 Å². The molecule has 2 aromatic rings. The Morgan fingerprint density at radius 2 is 1.76 bits per heavy atom. The highest BCUT2D eigenvalue weighted by molar-refractivity contribution is 5.90. The summed E-state index contributed by atoms with van der Waals surface area (Å²) >= 11 is 0. The molecule has 2 N–H and O–H groups in total. The minimum atomic E-state index is 0.367. The lowest BCUT2D eigenvalue weighted by Crippen LogP contribution is -2.40. The van der Waals surface area contributed by atoms with Crippen molar-refractivity contribution in [1.29, 1.82) is 0 Å². The molecule has 1 aliphatic rings. The van der Waals surface area contributed by atoms with Gasteiger partial charge in [0.1, 0.15) is 5.82 Å². The highest BCUT2D eigenvalue weighted by Gasteiger charge is 2.32. The fourth-order valence-electron chi connectivity index (χ4n) is 3.47. The van der Waals surface area contributed by atoms with Crippen molar-refractivity contribution < 1.29 is 0 Å². The smallest absolute Gasteiger partial charge is 0.222 e. The van der Waals surface area contributed by atoms with Crippen molar-refractivity contribution in [1.82, 2.24) is 9.97 Å². The lowest BCUT2D eigenvalue weighted by Gasteiger charge is -2.41. The molecule has 1 aromatic heterocycles. The van der Waals surface area contributed by atoms with Crippen molar-refractivity contribution in [2.45, 2.75) is 39.5 Å². The average molecular weight is 284 g/mol. The minimum Gasteiger partial charge on any atom is -0.368 e. The van der Waals surface area contributed by atoms with Crippen LogP contribution in [-0.2, 0) is 0 Å². The summed E-state index contributed by atoms with van der Waals surface area (Å²) in [4.78, 5) is 11.2. The van der Waals surface area contributed by atoms with E-state index in [4.69, 9.17) is 5.73 Å². The lowest BCUT2D eigenvalue weighted by molar-refractivity contribution is 0.199. The fourth-order valence-corrected chi connectivity index (χ4v) is 3.47. The molecule has 1 saturated heterocycles. The number of nitrogens with zero attached hydrogens (tertiary/aromatic N) is 3. The van der Waals surface area contributed by atoms with Crippen LogP contribution >= 0.6 is 0 Å². The first kappa shape index (κ1) is 14.1. The summed E-state index contributed by atoms with van der Waals surface area (Å²) in [6.45, 7) is 6.75. The molecule has 1 aromatic carbocycles. The first-order valence-electron chi connectivity index (χ1n) is 7.94. The van der Waals surface area contributed by atoms with Gasteiger partial charge in [0, 0.05) is 18.5 Å². The van der Waals surface area contributed by atoms with E-state index in [-0.39, 0.29) is 0 Å². The van der Waals surface area contributed by atoms with Crippen LogP contribution in [-0.4, -0.2) is 23.1 Å². The van der Waals surface area contributed by atoms with E-state index in [9.17, 15) is 0 Å². The van der Waals surface area contributed by atoms with Crippen molar-refractivity contribution >= 4 is 22.7 Å². The molecule has 0 bridgehead atoms.